The third-order valence-electron chi connectivity index (χ3n) is 6.79. The molecule has 0 saturated carbocycles. The highest BCUT2D eigenvalue weighted by molar-refractivity contribution is 7.90. The zero-order valence-electron chi connectivity index (χ0n) is 18.0. The van der Waals surface area contributed by atoms with Crippen molar-refractivity contribution in [1.29, 1.82) is 5.26 Å². The molecule has 170 valence electrons. The highest BCUT2D eigenvalue weighted by atomic mass is 32.2. The van der Waals surface area contributed by atoms with Crippen molar-refractivity contribution >= 4 is 39.1 Å². The molecular formula is C21H25FN6O2S2. The number of nitrogens with two attached hydrogens (primary N) is 1. The van der Waals surface area contributed by atoms with Gasteiger partial charge in [-0.1, -0.05) is 0 Å². The summed E-state index contributed by atoms with van der Waals surface area (Å²) in [5, 5.41) is 20.7. The Kier molecular flexibility index (Phi) is 5.05. The van der Waals surface area contributed by atoms with E-state index in [1.807, 2.05) is 4.90 Å². The average molecular weight is 477 g/mol. The van der Waals surface area contributed by atoms with E-state index in [1.54, 1.807) is 11.8 Å². The van der Waals surface area contributed by atoms with Gasteiger partial charge in [0.15, 0.2) is 11.6 Å². The maximum atomic E-state index is 15.7. The third kappa shape index (κ3) is 3.32. The quantitative estimate of drug-likeness (QED) is 0.508. The molecule has 1 unspecified atom stereocenters. The SMILES string of the molecule is C[S+]([O-])c1nc(N2CC3(CCc4sc(N)c(C#N)c43)C2)c(F)c(N2CCC[C@](C)(O)C2)n1. The fourth-order valence-corrected chi connectivity index (χ4v) is 6.90. The van der Waals surface area contributed by atoms with Gasteiger partial charge < -0.3 is 25.2 Å². The second kappa shape index (κ2) is 7.45. The van der Waals surface area contributed by atoms with Crippen LogP contribution < -0.4 is 15.5 Å². The van der Waals surface area contributed by atoms with Crippen molar-refractivity contribution in [3.8, 4) is 6.07 Å². The summed E-state index contributed by atoms with van der Waals surface area (Å²) in [5.74, 6) is -0.341. The third-order valence-corrected chi connectivity index (χ3v) is 8.57. The van der Waals surface area contributed by atoms with Crippen molar-refractivity contribution in [2.75, 3.05) is 48.0 Å². The van der Waals surface area contributed by atoms with E-state index in [4.69, 9.17) is 5.73 Å². The Hall–Kier alpha value is -2.13. The van der Waals surface area contributed by atoms with Crippen molar-refractivity contribution in [3.05, 3.63) is 21.8 Å². The molecule has 2 fully saturated rings. The number of nitriles is 1. The number of hydrogen-bond acceptors (Lipinski definition) is 9. The van der Waals surface area contributed by atoms with Crippen molar-refractivity contribution < 1.29 is 14.0 Å². The van der Waals surface area contributed by atoms with Crippen LogP contribution in [0, 0.1) is 17.1 Å². The van der Waals surface area contributed by atoms with Crippen LogP contribution in [-0.2, 0) is 23.0 Å². The van der Waals surface area contributed by atoms with Crippen LogP contribution in [0.3, 0.4) is 0 Å². The molecule has 2 aromatic rings. The van der Waals surface area contributed by atoms with E-state index >= 15 is 4.39 Å². The molecule has 3 N–H and O–H groups in total. The zero-order chi connectivity index (χ0) is 22.8. The van der Waals surface area contributed by atoms with Gasteiger partial charge in [0.25, 0.3) is 0 Å². The normalized spacial score (nSPS) is 24.9. The summed E-state index contributed by atoms with van der Waals surface area (Å²) in [5.41, 5.74) is 6.45. The molecule has 0 radical (unpaired) electrons. The van der Waals surface area contributed by atoms with Crippen LogP contribution in [0.25, 0.3) is 0 Å². The molecule has 4 heterocycles. The fraction of sp³-hybridized carbons (Fsp3) is 0.571. The second-order valence-corrected chi connectivity index (χ2v) is 11.7. The van der Waals surface area contributed by atoms with Crippen LogP contribution in [0.4, 0.5) is 21.0 Å². The summed E-state index contributed by atoms with van der Waals surface area (Å²) in [4.78, 5) is 13.3. The molecule has 8 nitrogen and oxygen atoms in total. The molecular weight excluding hydrogens is 451 g/mol. The highest BCUT2D eigenvalue weighted by Gasteiger charge is 2.52. The van der Waals surface area contributed by atoms with Gasteiger partial charge in [0.05, 0.1) is 11.2 Å². The number of rotatable bonds is 3. The molecule has 0 bridgehead atoms. The molecule has 2 aliphatic heterocycles. The molecule has 5 rings (SSSR count). The minimum atomic E-state index is -1.49. The fourth-order valence-electron chi connectivity index (χ4n) is 5.33. The summed E-state index contributed by atoms with van der Waals surface area (Å²) in [6, 6.07) is 2.25. The van der Waals surface area contributed by atoms with E-state index in [-0.39, 0.29) is 28.8 Å². The van der Waals surface area contributed by atoms with Crippen molar-refractivity contribution in [2.45, 2.75) is 48.8 Å². The number of halogens is 1. The molecule has 2 saturated heterocycles. The number of aliphatic hydroxyl groups is 1. The maximum Gasteiger partial charge on any atom is 0.346 e. The lowest BCUT2D eigenvalue weighted by Gasteiger charge is -2.49. The first-order valence-electron chi connectivity index (χ1n) is 10.6. The first-order chi connectivity index (χ1) is 15.1. The largest absolute Gasteiger partial charge is 0.609 e. The molecule has 2 aromatic heterocycles. The van der Waals surface area contributed by atoms with Gasteiger partial charge in [-0.25, -0.2) is 0 Å². The van der Waals surface area contributed by atoms with Gasteiger partial charge in [-0.15, -0.1) is 11.3 Å². The minimum absolute atomic E-state index is 0.0761. The Morgan fingerprint density at radius 1 is 1.25 bits per heavy atom. The molecule has 11 heteroatoms. The van der Waals surface area contributed by atoms with E-state index in [2.05, 4.69) is 16.0 Å². The van der Waals surface area contributed by atoms with E-state index in [0.717, 1.165) is 23.3 Å². The number of thiophene rings is 1. The lowest BCUT2D eigenvalue weighted by atomic mass is 9.74. The van der Waals surface area contributed by atoms with Gasteiger partial charge in [-0.2, -0.15) is 19.6 Å². The molecule has 1 aliphatic carbocycles. The Morgan fingerprint density at radius 3 is 2.56 bits per heavy atom. The number of anilines is 3. The Bertz CT molecular complexity index is 1120. The maximum absolute atomic E-state index is 15.7. The summed E-state index contributed by atoms with van der Waals surface area (Å²) in [6.07, 6.45) is 4.58. The summed E-state index contributed by atoms with van der Waals surface area (Å²) in [7, 11) is 0. The molecule has 32 heavy (non-hydrogen) atoms. The topological polar surface area (TPSA) is 125 Å². The standard InChI is InChI=1S/C21H25FN6O2S2/c1-20(29)5-3-7-27(9-20)17-15(22)18(26-19(25-17)32(2)30)28-10-21(11-28)6-4-13-14(21)12(8-23)16(24)31-13/h29H,3-7,9-11,24H2,1-2H3/t20-,32?/m0/s1. The summed E-state index contributed by atoms with van der Waals surface area (Å²) in [6.45, 7) is 3.58. The van der Waals surface area contributed by atoms with Crippen molar-refractivity contribution in [2.24, 2.45) is 0 Å². The average Bonchev–Trinajstić information content (AvgIpc) is 3.21. The second-order valence-electron chi connectivity index (χ2n) is 9.33. The van der Waals surface area contributed by atoms with Crippen LogP contribution >= 0.6 is 11.3 Å². The van der Waals surface area contributed by atoms with Gasteiger partial charge >= 0.3 is 5.16 Å². The molecule has 2 atom stereocenters. The monoisotopic (exact) mass is 476 g/mol. The number of aryl methyl sites for hydroxylation is 1. The van der Waals surface area contributed by atoms with Gasteiger partial charge in [-0.05, 0) is 38.2 Å². The van der Waals surface area contributed by atoms with Crippen LogP contribution in [0.15, 0.2) is 5.16 Å². The summed E-state index contributed by atoms with van der Waals surface area (Å²) < 4.78 is 27.9. The van der Waals surface area contributed by atoms with Crippen LogP contribution in [0.2, 0.25) is 0 Å². The van der Waals surface area contributed by atoms with Crippen LogP contribution in [0.5, 0.6) is 0 Å². The zero-order valence-corrected chi connectivity index (χ0v) is 19.7. The van der Waals surface area contributed by atoms with Crippen molar-refractivity contribution in [3.63, 3.8) is 0 Å². The number of fused-ring (bicyclic) bond motifs is 2. The molecule has 0 aromatic carbocycles. The van der Waals surface area contributed by atoms with E-state index < -0.39 is 22.6 Å². The van der Waals surface area contributed by atoms with Crippen LogP contribution in [-0.4, -0.2) is 57.7 Å². The number of piperidine rings is 1. The van der Waals surface area contributed by atoms with Gasteiger partial charge in [0.1, 0.15) is 17.3 Å². The predicted octanol–water partition coefficient (Wildman–Crippen LogP) is 1.92. The summed E-state index contributed by atoms with van der Waals surface area (Å²) >= 11 is -0.0133. The minimum Gasteiger partial charge on any atom is -0.609 e. The number of nitrogens with zero attached hydrogens (tertiary/aromatic N) is 5. The first-order valence-corrected chi connectivity index (χ1v) is 13.0. The van der Waals surface area contributed by atoms with Gasteiger partial charge in [-0.3, -0.25) is 0 Å². The lowest BCUT2D eigenvalue weighted by molar-refractivity contribution is 0.0445. The van der Waals surface area contributed by atoms with Gasteiger partial charge in [0.2, 0.25) is 5.82 Å². The van der Waals surface area contributed by atoms with E-state index in [1.165, 1.54) is 17.6 Å². The van der Waals surface area contributed by atoms with E-state index in [9.17, 15) is 14.9 Å². The lowest BCUT2D eigenvalue weighted by Crippen LogP contribution is -2.59. The number of hydrogen-bond donors (Lipinski definition) is 2. The Labute approximate surface area is 193 Å². The van der Waals surface area contributed by atoms with Gasteiger partial charge in [0, 0.05) is 47.6 Å². The molecule has 1 spiro atoms. The number of aromatic nitrogens is 2. The number of β-amino-alcohol motifs (C(OH)–C–C–N with tert-alkyl or cyclic N) is 1. The first kappa shape index (κ1) is 21.7. The predicted molar refractivity (Wildman–Crippen MR) is 122 cm³/mol. The molecule has 3 aliphatic rings. The van der Waals surface area contributed by atoms with Crippen molar-refractivity contribution in [1.82, 2.24) is 9.97 Å². The van der Waals surface area contributed by atoms with Crippen LogP contribution in [0.1, 0.15) is 42.2 Å². The smallest absolute Gasteiger partial charge is 0.346 e. The number of nitrogen functional groups attached to an aromatic ring is 1. The molecule has 0 amide bonds. The van der Waals surface area contributed by atoms with E-state index in [0.29, 0.717) is 43.0 Å². The Morgan fingerprint density at radius 2 is 1.94 bits per heavy atom. The Balaban J connectivity index is 1.49. The highest BCUT2D eigenvalue weighted by Crippen LogP contribution is 2.52.